The normalized spacial score (nSPS) is 18.7. The Balaban J connectivity index is 2.52. The van der Waals surface area contributed by atoms with Crippen molar-refractivity contribution in [1.82, 2.24) is 0 Å². The number of hydrogen-bond acceptors (Lipinski definition) is 4. The molecule has 1 amide bonds. The smallest absolute Gasteiger partial charge is 0.296 e. The summed E-state index contributed by atoms with van der Waals surface area (Å²) in [6.07, 6.45) is -0.625. The molecule has 0 spiro atoms. The molecule has 1 N–H and O–H groups in total. The van der Waals surface area contributed by atoms with Crippen LogP contribution in [0.1, 0.15) is 6.92 Å². The predicted octanol–water partition coefficient (Wildman–Crippen LogP) is 1.31. The fourth-order valence-electron chi connectivity index (χ4n) is 1.36. The van der Waals surface area contributed by atoms with Crippen LogP contribution in [0.4, 0.5) is 11.4 Å². The molecule has 0 aliphatic carbocycles. The molecule has 0 aromatic heterocycles. The first-order chi connectivity index (χ1) is 7.09. The van der Waals surface area contributed by atoms with Gasteiger partial charge in [0, 0.05) is 6.07 Å². The number of ether oxygens (including phenoxy) is 1. The lowest BCUT2D eigenvalue weighted by molar-refractivity contribution is -0.384. The van der Waals surface area contributed by atoms with E-state index in [1.165, 1.54) is 12.1 Å². The Hall–Kier alpha value is -2.11. The lowest BCUT2D eigenvalue weighted by Crippen LogP contribution is -2.34. The third kappa shape index (κ3) is 1.50. The highest BCUT2D eigenvalue weighted by Gasteiger charge is 2.29. The summed E-state index contributed by atoms with van der Waals surface area (Å²) in [4.78, 5) is 21.4. The number of anilines is 1. The summed E-state index contributed by atoms with van der Waals surface area (Å²) < 4.78 is 5.22. The highest BCUT2D eigenvalue weighted by Crippen LogP contribution is 2.37. The number of benzene rings is 1. The quantitative estimate of drug-likeness (QED) is 0.557. The summed E-state index contributed by atoms with van der Waals surface area (Å²) in [5.41, 5.74) is -0.0293. The van der Waals surface area contributed by atoms with Crippen LogP contribution in [0.2, 0.25) is 0 Å². The standard InChI is InChI=1S/C9H8N2O4/c1-5-9(12)10-8-6(11(13)14)3-2-4-7(8)15-5/h2-5H,1H3,(H,10,12)/t5-/m0/s1. The summed E-state index contributed by atoms with van der Waals surface area (Å²) in [5, 5.41) is 13.1. The van der Waals surface area contributed by atoms with E-state index in [-0.39, 0.29) is 17.3 Å². The van der Waals surface area contributed by atoms with Crippen molar-refractivity contribution in [2.24, 2.45) is 0 Å². The summed E-state index contributed by atoms with van der Waals surface area (Å²) in [6.45, 7) is 1.58. The van der Waals surface area contributed by atoms with Crippen molar-refractivity contribution in [2.75, 3.05) is 5.32 Å². The maximum Gasteiger partial charge on any atom is 0.296 e. The molecule has 0 unspecified atom stereocenters. The minimum atomic E-state index is -0.625. The first-order valence-electron chi connectivity index (χ1n) is 4.34. The van der Waals surface area contributed by atoms with Gasteiger partial charge in [-0.05, 0) is 13.0 Å². The lowest BCUT2D eigenvalue weighted by atomic mass is 10.2. The number of carbonyl (C=O) groups excluding carboxylic acids is 1. The number of amides is 1. The minimum absolute atomic E-state index is 0.130. The van der Waals surface area contributed by atoms with E-state index < -0.39 is 11.0 Å². The topological polar surface area (TPSA) is 81.5 Å². The molecule has 1 aliphatic rings. The maximum absolute atomic E-state index is 11.3. The van der Waals surface area contributed by atoms with Crippen LogP contribution in [0.25, 0.3) is 0 Å². The van der Waals surface area contributed by atoms with Crippen molar-refractivity contribution in [1.29, 1.82) is 0 Å². The number of nitro benzene ring substituents is 1. The zero-order valence-electron chi connectivity index (χ0n) is 7.89. The van der Waals surface area contributed by atoms with Crippen molar-refractivity contribution in [3.05, 3.63) is 28.3 Å². The number of nitro groups is 1. The highest BCUT2D eigenvalue weighted by atomic mass is 16.6. The number of rotatable bonds is 1. The molecule has 1 aromatic carbocycles. The third-order valence-electron chi connectivity index (χ3n) is 2.12. The first kappa shape index (κ1) is 9.45. The van der Waals surface area contributed by atoms with Crippen molar-refractivity contribution in [3.63, 3.8) is 0 Å². The molecule has 2 rings (SSSR count). The second kappa shape index (κ2) is 3.23. The van der Waals surface area contributed by atoms with E-state index in [9.17, 15) is 14.9 Å². The molecular weight excluding hydrogens is 200 g/mol. The fraction of sp³-hybridized carbons (Fsp3) is 0.222. The minimum Gasteiger partial charge on any atom is -0.478 e. The van der Waals surface area contributed by atoms with E-state index in [4.69, 9.17) is 4.74 Å². The molecule has 1 aliphatic heterocycles. The predicted molar refractivity (Wildman–Crippen MR) is 51.8 cm³/mol. The van der Waals surface area contributed by atoms with Gasteiger partial charge >= 0.3 is 0 Å². The number of nitrogens with one attached hydrogen (secondary N) is 1. The second-order valence-electron chi connectivity index (χ2n) is 3.16. The van der Waals surface area contributed by atoms with E-state index in [1.54, 1.807) is 13.0 Å². The van der Waals surface area contributed by atoms with Crippen molar-refractivity contribution in [3.8, 4) is 5.75 Å². The molecule has 0 radical (unpaired) electrons. The molecule has 15 heavy (non-hydrogen) atoms. The number of carbonyl (C=O) groups is 1. The summed E-state index contributed by atoms with van der Waals surface area (Å²) in [6, 6.07) is 4.41. The zero-order valence-corrected chi connectivity index (χ0v) is 7.89. The Bertz CT molecular complexity index is 444. The van der Waals surface area contributed by atoms with Gasteiger partial charge in [-0.15, -0.1) is 0 Å². The van der Waals surface area contributed by atoms with Crippen molar-refractivity contribution >= 4 is 17.3 Å². The third-order valence-corrected chi connectivity index (χ3v) is 2.12. The Morgan fingerprint density at radius 1 is 1.53 bits per heavy atom. The van der Waals surface area contributed by atoms with Crippen LogP contribution in [-0.2, 0) is 4.79 Å². The molecule has 1 atom stereocenters. The van der Waals surface area contributed by atoms with Crippen molar-refractivity contribution in [2.45, 2.75) is 13.0 Å². The Labute approximate surface area is 85.0 Å². The molecular formula is C9H8N2O4. The van der Waals surface area contributed by atoms with E-state index >= 15 is 0 Å². The monoisotopic (exact) mass is 208 g/mol. The summed E-state index contributed by atoms with van der Waals surface area (Å²) in [7, 11) is 0. The van der Waals surface area contributed by atoms with Gasteiger partial charge in [-0.3, -0.25) is 14.9 Å². The molecule has 0 saturated carbocycles. The fourth-order valence-corrected chi connectivity index (χ4v) is 1.36. The average molecular weight is 208 g/mol. The molecule has 0 bridgehead atoms. The Morgan fingerprint density at radius 3 is 2.93 bits per heavy atom. The largest absolute Gasteiger partial charge is 0.478 e. The van der Waals surface area contributed by atoms with E-state index in [0.717, 1.165) is 0 Å². The van der Waals surface area contributed by atoms with Gasteiger partial charge in [0.1, 0.15) is 0 Å². The first-order valence-corrected chi connectivity index (χ1v) is 4.34. The number of hydrogen-bond donors (Lipinski definition) is 1. The van der Waals surface area contributed by atoms with Gasteiger partial charge < -0.3 is 10.1 Å². The Kier molecular flexibility index (Phi) is 2.03. The van der Waals surface area contributed by atoms with Gasteiger partial charge in [-0.25, -0.2) is 0 Å². The van der Waals surface area contributed by atoms with Crippen LogP contribution < -0.4 is 10.1 Å². The molecule has 0 fully saturated rings. The van der Waals surface area contributed by atoms with Gasteiger partial charge in [0.25, 0.3) is 11.6 Å². The van der Waals surface area contributed by atoms with Crippen LogP contribution in [0.5, 0.6) is 5.75 Å². The van der Waals surface area contributed by atoms with Gasteiger partial charge in [-0.1, -0.05) is 6.07 Å². The van der Waals surface area contributed by atoms with E-state index in [2.05, 4.69) is 5.32 Å². The average Bonchev–Trinajstić information content (AvgIpc) is 2.18. The summed E-state index contributed by atoms with van der Waals surface area (Å²) >= 11 is 0. The van der Waals surface area contributed by atoms with Crippen molar-refractivity contribution < 1.29 is 14.5 Å². The SMILES string of the molecule is C[C@@H]1Oc2cccc([N+](=O)[O-])c2NC1=O. The van der Waals surface area contributed by atoms with Gasteiger partial charge in [0.2, 0.25) is 0 Å². The van der Waals surface area contributed by atoms with Crippen LogP contribution >= 0.6 is 0 Å². The number of para-hydroxylation sites is 1. The van der Waals surface area contributed by atoms with E-state index in [0.29, 0.717) is 5.75 Å². The van der Waals surface area contributed by atoms with Crippen LogP contribution in [-0.4, -0.2) is 16.9 Å². The molecule has 1 aromatic rings. The lowest BCUT2D eigenvalue weighted by Gasteiger charge is -2.22. The molecule has 1 heterocycles. The van der Waals surface area contributed by atoms with Crippen LogP contribution in [0.3, 0.4) is 0 Å². The highest BCUT2D eigenvalue weighted by molar-refractivity contribution is 5.99. The Morgan fingerprint density at radius 2 is 2.27 bits per heavy atom. The van der Waals surface area contributed by atoms with Gasteiger partial charge in [-0.2, -0.15) is 0 Å². The molecule has 6 heteroatoms. The molecule has 0 saturated heterocycles. The second-order valence-corrected chi connectivity index (χ2v) is 3.16. The maximum atomic E-state index is 11.3. The number of fused-ring (bicyclic) bond motifs is 1. The summed E-state index contributed by atoms with van der Waals surface area (Å²) in [5.74, 6) is -0.0481. The van der Waals surface area contributed by atoms with E-state index in [1.807, 2.05) is 0 Å². The molecule has 6 nitrogen and oxygen atoms in total. The van der Waals surface area contributed by atoms with Crippen LogP contribution in [0.15, 0.2) is 18.2 Å². The molecule has 78 valence electrons. The van der Waals surface area contributed by atoms with Gasteiger partial charge in [0.15, 0.2) is 17.5 Å². The van der Waals surface area contributed by atoms with Gasteiger partial charge in [0.05, 0.1) is 4.92 Å². The zero-order chi connectivity index (χ0) is 11.0. The van der Waals surface area contributed by atoms with Crippen LogP contribution in [0, 0.1) is 10.1 Å². The number of nitrogens with zero attached hydrogens (tertiary/aromatic N) is 1.